The SMILES string of the molecule is CCCN1CCN(C[C@H]2CCCN2)CC1. The van der Waals surface area contributed by atoms with Crippen LogP contribution in [0.4, 0.5) is 0 Å². The molecular formula is C12H25N3. The lowest BCUT2D eigenvalue weighted by atomic mass is 10.2. The fourth-order valence-electron chi connectivity index (χ4n) is 2.74. The smallest absolute Gasteiger partial charge is 0.0195 e. The number of rotatable bonds is 4. The van der Waals surface area contributed by atoms with Crippen molar-refractivity contribution >= 4 is 0 Å². The Balaban J connectivity index is 1.64. The zero-order chi connectivity index (χ0) is 10.5. The van der Waals surface area contributed by atoms with E-state index in [2.05, 4.69) is 22.0 Å². The Bertz CT molecular complexity index is 170. The van der Waals surface area contributed by atoms with Gasteiger partial charge in [0.2, 0.25) is 0 Å². The first-order valence-electron chi connectivity index (χ1n) is 6.56. The van der Waals surface area contributed by atoms with E-state index >= 15 is 0 Å². The standard InChI is InChI=1S/C12H25N3/c1-2-6-14-7-9-15(10-8-14)11-12-4-3-5-13-12/h12-13H,2-11H2,1H3/t12-/m1/s1. The van der Waals surface area contributed by atoms with Gasteiger partial charge in [-0.25, -0.2) is 0 Å². The molecule has 0 bridgehead atoms. The van der Waals surface area contributed by atoms with Gasteiger partial charge in [-0.2, -0.15) is 0 Å². The quantitative estimate of drug-likeness (QED) is 0.741. The van der Waals surface area contributed by atoms with Crippen LogP contribution in [0.1, 0.15) is 26.2 Å². The number of nitrogens with zero attached hydrogens (tertiary/aromatic N) is 2. The summed E-state index contributed by atoms with van der Waals surface area (Å²) in [7, 11) is 0. The molecule has 0 aromatic carbocycles. The van der Waals surface area contributed by atoms with Gasteiger partial charge in [-0.3, -0.25) is 4.90 Å². The van der Waals surface area contributed by atoms with E-state index in [-0.39, 0.29) is 0 Å². The second-order valence-corrected chi connectivity index (χ2v) is 4.94. The van der Waals surface area contributed by atoms with Crippen LogP contribution in [-0.4, -0.2) is 61.7 Å². The first-order valence-corrected chi connectivity index (χ1v) is 6.56. The van der Waals surface area contributed by atoms with E-state index in [1.54, 1.807) is 0 Å². The Morgan fingerprint density at radius 2 is 1.87 bits per heavy atom. The molecule has 2 saturated heterocycles. The first-order chi connectivity index (χ1) is 7.38. The monoisotopic (exact) mass is 211 g/mol. The predicted octanol–water partition coefficient (Wildman–Crippen LogP) is 0.766. The molecule has 1 atom stereocenters. The summed E-state index contributed by atoms with van der Waals surface area (Å²) >= 11 is 0. The molecule has 2 aliphatic heterocycles. The van der Waals surface area contributed by atoms with Gasteiger partial charge in [0.05, 0.1) is 0 Å². The second kappa shape index (κ2) is 5.83. The van der Waals surface area contributed by atoms with Crippen LogP contribution in [0, 0.1) is 0 Å². The van der Waals surface area contributed by atoms with Crippen molar-refractivity contribution in [2.45, 2.75) is 32.2 Å². The largest absolute Gasteiger partial charge is 0.313 e. The van der Waals surface area contributed by atoms with Crippen molar-refractivity contribution in [2.24, 2.45) is 0 Å². The third kappa shape index (κ3) is 3.44. The molecule has 0 amide bonds. The number of hydrogen-bond donors (Lipinski definition) is 1. The number of hydrogen-bond acceptors (Lipinski definition) is 3. The van der Waals surface area contributed by atoms with Gasteiger partial charge >= 0.3 is 0 Å². The Labute approximate surface area is 93.8 Å². The highest BCUT2D eigenvalue weighted by Crippen LogP contribution is 2.09. The van der Waals surface area contributed by atoms with Gasteiger partial charge < -0.3 is 10.2 Å². The minimum absolute atomic E-state index is 0.780. The van der Waals surface area contributed by atoms with E-state index in [1.807, 2.05) is 0 Å². The Kier molecular flexibility index (Phi) is 4.42. The molecule has 2 aliphatic rings. The molecule has 2 heterocycles. The van der Waals surface area contributed by atoms with Gasteiger partial charge in [-0.1, -0.05) is 6.92 Å². The fraction of sp³-hybridized carbons (Fsp3) is 1.00. The maximum Gasteiger partial charge on any atom is 0.0195 e. The van der Waals surface area contributed by atoms with Crippen molar-refractivity contribution in [3.8, 4) is 0 Å². The molecule has 3 nitrogen and oxygen atoms in total. The first kappa shape index (κ1) is 11.4. The lowest BCUT2D eigenvalue weighted by molar-refractivity contribution is 0.125. The number of nitrogens with one attached hydrogen (secondary N) is 1. The van der Waals surface area contributed by atoms with E-state index in [0.717, 1.165) is 6.04 Å². The molecule has 3 heteroatoms. The molecule has 15 heavy (non-hydrogen) atoms. The van der Waals surface area contributed by atoms with Crippen LogP contribution < -0.4 is 5.32 Å². The Morgan fingerprint density at radius 3 is 2.47 bits per heavy atom. The summed E-state index contributed by atoms with van der Waals surface area (Å²) < 4.78 is 0. The summed E-state index contributed by atoms with van der Waals surface area (Å²) in [5.74, 6) is 0. The summed E-state index contributed by atoms with van der Waals surface area (Å²) in [5.41, 5.74) is 0. The van der Waals surface area contributed by atoms with Gasteiger partial charge in [0.1, 0.15) is 0 Å². The molecule has 2 rings (SSSR count). The molecular weight excluding hydrogens is 186 g/mol. The highest BCUT2D eigenvalue weighted by molar-refractivity contribution is 4.80. The van der Waals surface area contributed by atoms with E-state index in [0.29, 0.717) is 0 Å². The summed E-state index contributed by atoms with van der Waals surface area (Å²) in [6.45, 7) is 11.2. The zero-order valence-corrected chi connectivity index (χ0v) is 10.0. The van der Waals surface area contributed by atoms with E-state index in [4.69, 9.17) is 0 Å². The average molecular weight is 211 g/mol. The Hall–Kier alpha value is -0.120. The molecule has 0 spiro atoms. The van der Waals surface area contributed by atoms with Crippen LogP contribution in [0.5, 0.6) is 0 Å². The third-order valence-corrected chi connectivity index (χ3v) is 3.65. The molecule has 0 aliphatic carbocycles. The van der Waals surface area contributed by atoms with Gasteiger partial charge in [-0.15, -0.1) is 0 Å². The minimum Gasteiger partial charge on any atom is -0.313 e. The van der Waals surface area contributed by atoms with Crippen molar-refractivity contribution in [1.82, 2.24) is 15.1 Å². The highest BCUT2D eigenvalue weighted by atomic mass is 15.3. The van der Waals surface area contributed by atoms with Crippen molar-refractivity contribution in [3.63, 3.8) is 0 Å². The van der Waals surface area contributed by atoms with Crippen LogP contribution in [0.3, 0.4) is 0 Å². The summed E-state index contributed by atoms with van der Waals surface area (Å²) in [6.07, 6.45) is 4.06. The molecule has 0 aromatic heterocycles. The van der Waals surface area contributed by atoms with Crippen molar-refractivity contribution < 1.29 is 0 Å². The van der Waals surface area contributed by atoms with Gasteiger partial charge in [-0.05, 0) is 32.4 Å². The lowest BCUT2D eigenvalue weighted by Crippen LogP contribution is -2.49. The molecule has 2 fully saturated rings. The third-order valence-electron chi connectivity index (χ3n) is 3.65. The summed E-state index contributed by atoms with van der Waals surface area (Å²) in [4.78, 5) is 5.23. The Morgan fingerprint density at radius 1 is 1.13 bits per heavy atom. The molecule has 0 aromatic rings. The second-order valence-electron chi connectivity index (χ2n) is 4.94. The van der Waals surface area contributed by atoms with E-state index in [9.17, 15) is 0 Å². The van der Waals surface area contributed by atoms with Crippen LogP contribution in [0.25, 0.3) is 0 Å². The van der Waals surface area contributed by atoms with Gasteiger partial charge in [0, 0.05) is 38.8 Å². The molecule has 0 saturated carbocycles. The van der Waals surface area contributed by atoms with Gasteiger partial charge in [0.25, 0.3) is 0 Å². The van der Waals surface area contributed by atoms with E-state index in [1.165, 1.54) is 65.1 Å². The van der Waals surface area contributed by atoms with Gasteiger partial charge in [0.15, 0.2) is 0 Å². The molecule has 0 radical (unpaired) electrons. The minimum atomic E-state index is 0.780. The predicted molar refractivity (Wildman–Crippen MR) is 64.2 cm³/mol. The van der Waals surface area contributed by atoms with Crippen molar-refractivity contribution in [1.29, 1.82) is 0 Å². The zero-order valence-electron chi connectivity index (χ0n) is 10.0. The van der Waals surface area contributed by atoms with E-state index < -0.39 is 0 Å². The normalized spacial score (nSPS) is 29.8. The molecule has 88 valence electrons. The highest BCUT2D eigenvalue weighted by Gasteiger charge is 2.21. The van der Waals surface area contributed by atoms with Crippen molar-refractivity contribution in [2.75, 3.05) is 45.8 Å². The van der Waals surface area contributed by atoms with Crippen LogP contribution in [0.2, 0.25) is 0 Å². The van der Waals surface area contributed by atoms with Crippen LogP contribution in [0.15, 0.2) is 0 Å². The maximum atomic E-state index is 3.58. The topological polar surface area (TPSA) is 18.5 Å². The maximum absolute atomic E-state index is 3.58. The van der Waals surface area contributed by atoms with Crippen molar-refractivity contribution in [3.05, 3.63) is 0 Å². The van der Waals surface area contributed by atoms with Crippen LogP contribution in [-0.2, 0) is 0 Å². The fourth-order valence-corrected chi connectivity index (χ4v) is 2.74. The molecule has 1 N–H and O–H groups in total. The average Bonchev–Trinajstić information content (AvgIpc) is 2.74. The number of piperazine rings is 1. The lowest BCUT2D eigenvalue weighted by Gasteiger charge is -2.35. The molecule has 0 unspecified atom stereocenters. The summed E-state index contributed by atoms with van der Waals surface area (Å²) in [6, 6.07) is 0.780. The summed E-state index contributed by atoms with van der Waals surface area (Å²) in [5, 5.41) is 3.58. The van der Waals surface area contributed by atoms with Crippen LogP contribution >= 0.6 is 0 Å².